The van der Waals surface area contributed by atoms with Crippen LogP contribution in [0, 0.1) is 6.92 Å². The van der Waals surface area contributed by atoms with Gasteiger partial charge in [0.05, 0.1) is 0 Å². The molecule has 0 saturated carbocycles. The number of hydrogen-bond donors (Lipinski definition) is 0. The molecule has 1 aromatic carbocycles. The van der Waals surface area contributed by atoms with E-state index in [1.54, 1.807) is 6.07 Å². The van der Waals surface area contributed by atoms with Crippen molar-refractivity contribution in [2.45, 2.75) is 13.5 Å². The lowest BCUT2D eigenvalue weighted by Gasteiger charge is -2.20. The molecular formula is C14H14Cl2N2. The third kappa shape index (κ3) is 3.15. The molecule has 0 fully saturated rings. The van der Waals surface area contributed by atoms with Gasteiger partial charge in [0.25, 0.3) is 0 Å². The lowest BCUT2D eigenvalue weighted by molar-refractivity contribution is 0.914. The molecule has 94 valence electrons. The lowest BCUT2D eigenvalue weighted by atomic mass is 10.2. The smallest absolute Gasteiger partial charge is 0.135 e. The van der Waals surface area contributed by atoms with E-state index in [4.69, 9.17) is 23.2 Å². The maximum Gasteiger partial charge on any atom is 0.135 e. The van der Waals surface area contributed by atoms with Crippen LogP contribution in [-0.2, 0) is 6.54 Å². The largest absolute Gasteiger partial charge is 0.370 e. The first kappa shape index (κ1) is 13.2. The second kappa shape index (κ2) is 5.59. The Bertz CT molecular complexity index is 555. The number of aryl methyl sites for hydroxylation is 1. The number of hydrogen-bond acceptors (Lipinski definition) is 2. The van der Waals surface area contributed by atoms with Gasteiger partial charge >= 0.3 is 0 Å². The highest BCUT2D eigenvalue weighted by Gasteiger charge is 2.07. The lowest BCUT2D eigenvalue weighted by Crippen LogP contribution is -2.16. The molecule has 0 spiro atoms. The summed E-state index contributed by atoms with van der Waals surface area (Å²) in [7, 11) is 2.03. The Balaban J connectivity index is 2.18. The van der Waals surface area contributed by atoms with Gasteiger partial charge in [0.15, 0.2) is 0 Å². The van der Waals surface area contributed by atoms with E-state index in [0.717, 1.165) is 11.3 Å². The van der Waals surface area contributed by atoms with Crippen molar-refractivity contribution >= 4 is 28.9 Å². The molecule has 0 aliphatic rings. The molecule has 0 amide bonds. The maximum absolute atomic E-state index is 6.07. The molecule has 0 N–H and O–H groups in total. The first-order valence-electron chi connectivity index (χ1n) is 5.65. The van der Waals surface area contributed by atoms with Crippen molar-refractivity contribution in [3.05, 3.63) is 57.8 Å². The Hall–Kier alpha value is -1.25. The fraction of sp³-hybridized carbons (Fsp3) is 0.214. The summed E-state index contributed by atoms with van der Waals surface area (Å²) in [6.45, 7) is 2.78. The molecule has 2 aromatic rings. The van der Waals surface area contributed by atoms with Crippen LogP contribution in [0.3, 0.4) is 0 Å². The van der Waals surface area contributed by atoms with E-state index in [0.29, 0.717) is 16.9 Å². The van der Waals surface area contributed by atoms with Crippen molar-refractivity contribution < 1.29 is 0 Å². The van der Waals surface area contributed by atoms with Gasteiger partial charge < -0.3 is 4.90 Å². The molecule has 18 heavy (non-hydrogen) atoms. The van der Waals surface area contributed by atoms with Gasteiger partial charge in [0, 0.05) is 24.8 Å². The summed E-state index contributed by atoms with van der Waals surface area (Å²) in [5.74, 6) is 0. The molecule has 1 aromatic heterocycles. The van der Waals surface area contributed by atoms with Gasteiger partial charge in [0.1, 0.15) is 10.3 Å². The number of anilines is 1. The van der Waals surface area contributed by atoms with Crippen molar-refractivity contribution in [2.75, 3.05) is 11.9 Å². The summed E-state index contributed by atoms with van der Waals surface area (Å²) in [6.07, 6.45) is 0. The third-order valence-electron chi connectivity index (χ3n) is 2.74. The quantitative estimate of drug-likeness (QED) is 0.778. The monoisotopic (exact) mass is 280 g/mol. The van der Waals surface area contributed by atoms with E-state index < -0.39 is 0 Å². The van der Waals surface area contributed by atoms with Crippen LogP contribution in [0.15, 0.2) is 36.4 Å². The van der Waals surface area contributed by atoms with Crippen LogP contribution in [0.1, 0.15) is 11.1 Å². The predicted molar refractivity (Wildman–Crippen MR) is 77.5 cm³/mol. The van der Waals surface area contributed by atoms with Crippen LogP contribution in [0.25, 0.3) is 0 Å². The molecular weight excluding hydrogens is 267 g/mol. The van der Waals surface area contributed by atoms with Gasteiger partial charge in [-0.25, -0.2) is 4.98 Å². The summed E-state index contributed by atoms with van der Waals surface area (Å²) < 4.78 is 0. The van der Waals surface area contributed by atoms with Crippen molar-refractivity contribution in [3.8, 4) is 0 Å². The number of rotatable bonds is 3. The summed E-state index contributed by atoms with van der Waals surface area (Å²) in [6, 6.07) is 12.0. The minimum absolute atomic E-state index is 0.418. The van der Waals surface area contributed by atoms with Crippen molar-refractivity contribution in [1.29, 1.82) is 0 Å². The van der Waals surface area contributed by atoms with Gasteiger partial charge in [-0.3, -0.25) is 0 Å². The molecule has 0 aliphatic heterocycles. The van der Waals surface area contributed by atoms with E-state index in [-0.39, 0.29) is 0 Å². The number of benzene rings is 1. The SMILES string of the molecule is Cc1cccc(N(C)Cc2ccc(Cl)nc2Cl)c1. The zero-order valence-corrected chi connectivity index (χ0v) is 11.8. The van der Waals surface area contributed by atoms with Crippen LogP contribution in [0.4, 0.5) is 5.69 Å². The van der Waals surface area contributed by atoms with E-state index in [9.17, 15) is 0 Å². The fourth-order valence-electron chi connectivity index (χ4n) is 1.77. The van der Waals surface area contributed by atoms with Gasteiger partial charge in [0.2, 0.25) is 0 Å². The molecule has 4 heteroatoms. The van der Waals surface area contributed by atoms with Gasteiger partial charge in [-0.05, 0) is 30.7 Å². The average Bonchev–Trinajstić information content (AvgIpc) is 2.32. The maximum atomic E-state index is 6.07. The Morgan fingerprint density at radius 3 is 2.61 bits per heavy atom. The summed E-state index contributed by atoms with van der Waals surface area (Å²) in [5.41, 5.74) is 3.35. The highest BCUT2D eigenvalue weighted by molar-refractivity contribution is 6.32. The van der Waals surface area contributed by atoms with Crippen LogP contribution in [-0.4, -0.2) is 12.0 Å². The Kier molecular flexibility index (Phi) is 4.10. The number of aromatic nitrogens is 1. The number of pyridine rings is 1. The minimum atomic E-state index is 0.418. The van der Waals surface area contributed by atoms with Crippen molar-refractivity contribution in [2.24, 2.45) is 0 Å². The zero-order valence-electron chi connectivity index (χ0n) is 10.3. The van der Waals surface area contributed by atoms with E-state index in [1.165, 1.54) is 5.56 Å². The highest BCUT2D eigenvalue weighted by Crippen LogP contribution is 2.21. The zero-order chi connectivity index (χ0) is 13.1. The molecule has 0 radical (unpaired) electrons. The third-order valence-corrected chi connectivity index (χ3v) is 3.28. The Morgan fingerprint density at radius 1 is 1.17 bits per heavy atom. The molecule has 0 unspecified atom stereocenters. The Labute approximate surface area is 117 Å². The van der Waals surface area contributed by atoms with E-state index in [2.05, 4.69) is 35.0 Å². The molecule has 1 heterocycles. The molecule has 2 rings (SSSR count). The molecule has 0 bridgehead atoms. The van der Waals surface area contributed by atoms with Gasteiger partial charge in [-0.2, -0.15) is 0 Å². The molecule has 0 aliphatic carbocycles. The van der Waals surface area contributed by atoms with Gasteiger partial charge in [-0.1, -0.05) is 41.4 Å². The Morgan fingerprint density at radius 2 is 1.94 bits per heavy atom. The number of nitrogens with zero attached hydrogens (tertiary/aromatic N) is 2. The van der Waals surface area contributed by atoms with E-state index >= 15 is 0 Å². The highest BCUT2D eigenvalue weighted by atomic mass is 35.5. The fourth-order valence-corrected chi connectivity index (χ4v) is 2.18. The summed E-state index contributed by atoms with van der Waals surface area (Å²) in [5, 5.41) is 0.879. The average molecular weight is 281 g/mol. The van der Waals surface area contributed by atoms with Crippen LogP contribution in [0.2, 0.25) is 10.3 Å². The van der Waals surface area contributed by atoms with Crippen LogP contribution < -0.4 is 4.90 Å². The number of halogens is 2. The second-order valence-electron chi connectivity index (χ2n) is 4.28. The minimum Gasteiger partial charge on any atom is -0.370 e. The van der Waals surface area contributed by atoms with E-state index in [1.807, 2.05) is 19.2 Å². The molecule has 0 saturated heterocycles. The topological polar surface area (TPSA) is 16.1 Å². The standard InChI is InChI=1S/C14H14Cl2N2/c1-10-4-3-5-12(8-10)18(2)9-11-6-7-13(15)17-14(11)16/h3-8H,9H2,1-2H3. The second-order valence-corrected chi connectivity index (χ2v) is 5.02. The first-order valence-corrected chi connectivity index (χ1v) is 6.40. The van der Waals surface area contributed by atoms with Crippen LogP contribution >= 0.6 is 23.2 Å². The van der Waals surface area contributed by atoms with Crippen LogP contribution in [0.5, 0.6) is 0 Å². The van der Waals surface area contributed by atoms with Crippen molar-refractivity contribution in [3.63, 3.8) is 0 Å². The summed E-state index contributed by atoms with van der Waals surface area (Å²) in [4.78, 5) is 6.17. The summed E-state index contributed by atoms with van der Waals surface area (Å²) >= 11 is 11.9. The molecule has 0 atom stereocenters. The normalized spacial score (nSPS) is 10.4. The first-order chi connectivity index (χ1) is 8.56. The molecule has 2 nitrogen and oxygen atoms in total. The van der Waals surface area contributed by atoms with Crippen molar-refractivity contribution in [1.82, 2.24) is 4.98 Å². The predicted octanol–water partition coefficient (Wildman–Crippen LogP) is 4.33. The van der Waals surface area contributed by atoms with Gasteiger partial charge in [-0.15, -0.1) is 0 Å².